The molecule has 0 fully saturated rings. The maximum atomic E-state index is 12.4. The Morgan fingerprint density at radius 2 is 1.82 bits per heavy atom. The topological polar surface area (TPSA) is 67.3 Å². The number of carbonyl (C=O) groups excluding carboxylic acids is 1. The zero-order valence-corrected chi connectivity index (χ0v) is 15.9. The van der Waals surface area contributed by atoms with E-state index in [0.717, 1.165) is 30.2 Å². The predicted molar refractivity (Wildman–Crippen MR) is 109 cm³/mol. The van der Waals surface area contributed by atoms with Gasteiger partial charge in [-0.25, -0.2) is 0 Å². The second-order valence-corrected chi connectivity index (χ2v) is 6.95. The van der Waals surface area contributed by atoms with Crippen LogP contribution in [0.3, 0.4) is 0 Å². The summed E-state index contributed by atoms with van der Waals surface area (Å²) >= 11 is 0. The fraction of sp³-hybridized carbons (Fsp3) is 0.227. The van der Waals surface area contributed by atoms with Crippen molar-refractivity contribution in [1.82, 2.24) is 10.2 Å². The number of aromatic nitrogens is 2. The van der Waals surface area contributed by atoms with Gasteiger partial charge in [-0.05, 0) is 68.3 Å². The summed E-state index contributed by atoms with van der Waals surface area (Å²) in [5.74, 6) is 1.22. The Balaban J connectivity index is 1.43. The Morgan fingerprint density at radius 3 is 2.54 bits per heavy atom. The number of benzene rings is 2. The van der Waals surface area contributed by atoms with E-state index in [1.165, 1.54) is 5.56 Å². The van der Waals surface area contributed by atoms with Crippen molar-refractivity contribution in [2.45, 2.75) is 26.4 Å². The molecule has 2 aromatic carbocycles. The Labute approximate surface area is 164 Å². The highest BCUT2D eigenvalue weighted by molar-refractivity contribution is 6.02. The number of ether oxygens (including phenoxy) is 1. The van der Waals surface area contributed by atoms with Gasteiger partial charge in [0.15, 0.2) is 11.5 Å². The maximum absolute atomic E-state index is 12.4. The molecule has 1 aromatic heterocycles. The number of rotatable bonds is 5. The van der Waals surface area contributed by atoms with E-state index < -0.39 is 0 Å². The number of anilines is 3. The van der Waals surface area contributed by atoms with Gasteiger partial charge in [-0.2, -0.15) is 0 Å². The normalized spacial score (nSPS) is 12.8. The first kappa shape index (κ1) is 18.0. The molecule has 28 heavy (non-hydrogen) atoms. The van der Waals surface area contributed by atoms with Crippen LogP contribution in [0.5, 0.6) is 5.75 Å². The number of amides is 1. The molecule has 1 amide bonds. The zero-order chi connectivity index (χ0) is 19.5. The van der Waals surface area contributed by atoms with Gasteiger partial charge in [-0.15, -0.1) is 10.2 Å². The van der Waals surface area contributed by atoms with Crippen LogP contribution >= 0.6 is 0 Å². The van der Waals surface area contributed by atoms with Gasteiger partial charge in [0.25, 0.3) is 5.91 Å². The molecule has 6 heteroatoms. The average Bonchev–Trinajstić information content (AvgIpc) is 3.13. The second kappa shape index (κ2) is 7.68. The fourth-order valence-electron chi connectivity index (χ4n) is 3.25. The first-order valence-corrected chi connectivity index (χ1v) is 9.37. The molecule has 1 N–H and O–H groups in total. The van der Waals surface area contributed by atoms with E-state index in [0.29, 0.717) is 5.69 Å². The van der Waals surface area contributed by atoms with Gasteiger partial charge in [0.1, 0.15) is 5.75 Å². The van der Waals surface area contributed by atoms with Crippen LogP contribution in [-0.4, -0.2) is 28.8 Å². The number of nitrogens with one attached hydrogen (secondary N) is 1. The molecule has 1 aliphatic heterocycles. The molecule has 2 heterocycles. The van der Waals surface area contributed by atoms with E-state index in [2.05, 4.69) is 32.5 Å². The molecule has 0 atom stereocenters. The largest absolute Gasteiger partial charge is 0.491 e. The molecule has 3 aromatic rings. The quantitative estimate of drug-likeness (QED) is 0.725. The Morgan fingerprint density at radius 1 is 1.04 bits per heavy atom. The van der Waals surface area contributed by atoms with E-state index in [-0.39, 0.29) is 17.7 Å². The van der Waals surface area contributed by atoms with Gasteiger partial charge in [0, 0.05) is 17.9 Å². The standard InChI is InChI=1S/C22H22N4O2/c1-15(2)28-18-9-7-17(8-10-18)23-22(27)19-11-12-21(25-24-19)26-14-13-16-5-3-4-6-20(16)26/h3-12,15H,13-14H2,1-2H3,(H,23,27). The van der Waals surface area contributed by atoms with Crippen molar-refractivity contribution in [3.8, 4) is 5.75 Å². The summed E-state index contributed by atoms with van der Waals surface area (Å²) in [7, 11) is 0. The van der Waals surface area contributed by atoms with Gasteiger partial charge in [0.2, 0.25) is 0 Å². The molecule has 0 bridgehead atoms. The molecule has 142 valence electrons. The predicted octanol–water partition coefficient (Wildman–Crippen LogP) is 4.21. The SMILES string of the molecule is CC(C)Oc1ccc(NC(=O)c2ccc(N3CCc4ccccc43)nn2)cc1. The van der Waals surface area contributed by atoms with Crippen molar-refractivity contribution >= 4 is 23.1 Å². The van der Waals surface area contributed by atoms with E-state index in [9.17, 15) is 4.79 Å². The Hall–Kier alpha value is -3.41. The van der Waals surface area contributed by atoms with Gasteiger partial charge in [-0.1, -0.05) is 18.2 Å². The lowest BCUT2D eigenvalue weighted by Crippen LogP contribution is -2.18. The highest BCUT2D eigenvalue weighted by Gasteiger charge is 2.21. The minimum absolute atomic E-state index is 0.108. The van der Waals surface area contributed by atoms with Crippen LogP contribution in [0.4, 0.5) is 17.2 Å². The summed E-state index contributed by atoms with van der Waals surface area (Å²) < 4.78 is 5.61. The molecule has 0 radical (unpaired) electrons. The number of para-hydroxylation sites is 1. The van der Waals surface area contributed by atoms with E-state index >= 15 is 0 Å². The van der Waals surface area contributed by atoms with Crippen LogP contribution in [0, 0.1) is 0 Å². The number of hydrogen-bond acceptors (Lipinski definition) is 5. The molecular formula is C22H22N4O2. The summed E-state index contributed by atoms with van der Waals surface area (Å²) in [4.78, 5) is 14.6. The third-order valence-electron chi connectivity index (χ3n) is 4.53. The summed E-state index contributed by atoms with van der Waals surface area (Å²) in [5.41, 5.74) is 3.41. The zero-order valence-electron chi connectivity index (χ0n) is 15.9. The summed E-state index contributed by atoms with van der Waals surface area (Å²) in [6.45, 7) is 4.81. The van der Waals surface area contributed by atoms with Crippen molar-refractivity contribution in [3.05, 3.63) is 71.9 Å². The smallest absolute Gasteiger partial charge is 0.276 e. The van der Waals surface area contributed by atoms with Gasteiger partial charge in [0.05, 0.1) is 6.10 Å². The minimum Gasteiger partial charge on any atom is -0.491 e. The van der Waals surface area contributed by atoms with Crippen LogP contribution in [0.2, 0.25) is 0 Å². The summed E-state index contributed by atoms with van der Waals surface area (Å²) in [6.07, 6.45) is 1.09. The molecule has 6 nitrogen and oxygen atoms in total. The van der Waals surface area contributed by atoms with Gasteiger partial charge >= 0.3 is 0 Å². The third kappa shape index (κ3) is 3.81. The van der Waals surface area contributed by atoms with Crippen LogP contribution in [0.1, 0.15) is 29.9 Å². The molecule has 0 spiro atoms. The molecule has 4 rings (SSSR count). The number of nitrogens with zero attached hydrogens (tertiary/aromatic N) is 3. The van der Waals surface area contributed by atoms with Crippen molar-refractivity contribution < 1.29 is 9.53 Å². The van der Waals surface area contributed by atoms with Crippen molar-refractivity contribution in [3.63, 3.8) is 0 Å². The molecule has 0 saturated heterocycles. The van der Waals surface area contributed by atoms with Crippen molar-refractivity contribution in [2.24, 2.45) is 0 Å². The van der Waals surface area contributed by atoms with Gasteiger partial charge < -0.3 is 15.0 Å². The number of hydrogen-bond donors (Lipinski definition) is 1. The Kier molecular flexibility index (Phi) is 4.93. The highest BCUT2D eigenvalue weighted by atomic mass is 16.5. The fourth-order valence-corrected chi connectivity index (χ4v) is 3.25. The van der Waals surface area contributed by atoms with Crippen LogP contribution in [0.15, 0.2) is 60.7 Å². The first-order chi connectivity index (χ1) is 13.6. The van der Waals surface area contributed by atoms with Crippen LogP contribution in [-0.2, 0) is 6.42 Å². The molecule has 0 unspecified atom stereocenters. The molecule has 0 aliphatic carbocycles. The lowest BCUT2D eigenvalue weighted by atomic mass is 10.2. The minimum atomic E-state index is -0.293. The summed E-state index contributed by atoms with van der Waals surface area (Å²) in [5, 5.41) is 11.2. The van der Waals surface area contributed by atoms with Crippen molar-refractivity contribution in [2.75, 3.05) is 16.8 Å². The number of fused-ring (bicyclic) bond motifs is 1. The van der Waals surface area contributed by atoms with Crippen molar-refractivity contribution in [1.29, 1.82) is 0 Å². The van der Waals surface area contributed by atoms with Crippen LogP contribution < -0.4 is 15.0 Å². The van der Waals surface area contributed by atoms with E-state index in [1.807, 2.05) is 44.2 Å². The lowest BCUT2D eigenvalue weighted by Gasteiger charge is -2.17. The summed E-state index contributed by atoms with van der Waals surface area (Å²) in [6, 6.07) is 19.1. The number of carbonyl (C=O) groups is 1. The van der Waals surface area contributed by atoms with Crippen LogP contribution in [0.25, 0.3) is 0 Å². The second-order valence-electron chi connectivity index (χ2n) is 6.95. The maximum Gasteiger partial charge on any atom is 0.276 e. The lowest BCUT2D eigenvalue weighted by molar-refractivity contribution is 0.102. The highest BCUT2D eigenvalue weighted by Crippen LogP contribution is 2.32. The molecular weight excluding hydrogens is 352 g/mol. The molecule has 1 aliphatic rings. The first-order valence-electron chi connectivity index (χ1n) is 9.37. The van der Waals surface area contributed by atoms with E-state index in [1.54, 1.807) is 18.2 Å². The molecule has 0 saturated carbocycles. The van der Waals surface area contributed by atoms with Gasteiger partial charge in [-0.3, -0.25) is 4.79 Å². The monoisotopic (exact) mass is 374 g/mol. The average molecular weight is 374 g/mol. The third-order valence-corrected chi connectivity index (χ3v) is 4.53. The van der Waals surface area contributed by atoms with E-state index in [4.69, 9.17) is 4.74 Å². The Bertz CT molecular complexity index is 969.